The fourth-order valence-corrected chi connectivity index (χ4v) is 3.93. The minimum atomic E-state index is -3.59. The zero-order valence-electron chi connectivity index (χ0n) is 11.1. The molecule has 0 spiro atoms. The van der Waals surface area contributed by atoms with Crippen molar-refractivity contribution < 1.29 is 8.42 Å². The third-order valence-electron chi connectivity index (χ3n) is 2.93. The molecule has 0 N–H and O–H groups in total. The number of halogens is 3. The molecule has 3 nitrogen and oxygen atoms in total. The largest absolute Gasteiger partial charge is 0.243 e. The van der Waals surface area contributed by atoms with Gasteiger partial charge < -0.3 is 0 Å². The van der Waals surface area contributed by atoms with Crippen LogP contribution in [0.15, 0.2) is 51.8 Å². The summed E-state index contributed by atoms with van der Waals surface area (Å²) in [6, 6.07) is 11.7. The van der Waals surface area contributed by atoms with Gasteiger partial charge in [-0.15, -0.1) is 0 Å². The van der Waals surface area contributed by atoms with E-state index in [1.807, 2.05) is 0 Å². The van der Waals surface area contributed by atoms with E-state index < -0.39 is 10.0 Å². The van der Waals surface area contributed by atoms with Crippen molar-refractivity contribution in [2.24, 2.45) is 0 Å². The van der Waals surface area contributed by atoms with Crippen LogP contribution >= 0.6 is 39.1 Å². The van der Waals surface area contributed by atoms with Crippen molar-refractivity contribution in [1.82, 2.24) is 4.31 Å². The predicted octanol–water partition coefficient (Wildman–Crippen LogP) is 4.58. The maximum absolute atomic E-state index is 12.5. The van der Waals surface area contributed by atoms with E-state index in [2.05, 4.69) is 15.9 Å². The molecule has 0 aromatic heterocycles. The van der Waals surface area contributed by atoms with Crippen molar-refractivity contribution in [2.75, 3.05) is 7.05 Å². The van der Waals surface area contributed by atoms with Gasteiger partial charge in [-0.25, -0.2) is 8.42 Å². The Labute approximate surface area is 142 Å². The zero-order chi connectivity index (χ0) is 15.6. The van der Waals surface area contributed by atoms with Crippen molar-refractivity contribution in [2.45, 2.75) is 11.4 Å². The average Bonchev–Trinajstić information content (AvgIpc) is 2.43. The van der Waals surface area contributed by atoms with Gasteiger partial charge >= 0.3 is 0 Å². The number of hydrogen-bond donors (Lipinski definition) is 0. The van der Waals surface area contributed by atoms with E-state index in [4.69, 9.17) is 23.2 Å². The topological polar surface area (TPSA) is 37.4 Å². The van der Waals surface area contributed by atoms with Crippen LogP contribution in [0.25, 0.3) is 0 Å². The second-order valence-electron chi connectivity index (χ2n) is 4.43. The normalized spacial score (nSPS) is 11.9. The van der Waals surface area contributed by atoms with Crippen LogP contribution < -0.4 is 0 Å². The number of sulfonamides is 1. The summed E-state index contributed by atoms with van der Waals surface area (Å²) < 4.78 is 27.0. The Morgan fingerprint density at radius 2 is 1.81 bits per heavy atom. The monoisotopic (exact) mass is 407 g/mol. The van der Waals surface area contributed by atoms with Crippen LogP contribution in [0.1, 0.15) is 5.56 Å². The van der Waals surface area contributed by atoms with Gasteiger partial charge in [0.25, 0.3) is 0 Å². The Morgan fingerprint density at radius 1 is 1.14 bits per heavy atom. The molecule has 0 heterocycles. The molecule has 7 heteroatoms. The minimum absolute atomic E-state index is 0.147. The molecule has 112 valence electrons. The third kappa shape index (κ3) is 3.79. The van der Waals surface area contributed by atoms with Crippen molar-refractivity contribution >= 4 is 49.2 Å². The Morgan fingerprint density at radius 3 is 2.48 bits per heavy atom. The quantitative estimate of drug-likeness (QED) is 0.742. The number of hydrogen-bond acceptors (Lipinski definition) is 2. The molecule has 0 aliphatic rings. The zero-order valence-corrected chi connectivity index (χ0v) is 15.0. The number of rotatable bonds is 4. The van der Waals surface area contributed by atoms with Gasteiger partial charge in [0, 0.05) is 18.1 Å². The Balaban J connectivity index is 2.31. The summed E-state index contributed by atoms with van der Waals surface area (Å²) in [5, 5.41) is 0.776. The van der Waals surface area contributed by atoms with Gasteiger partial charge in [-0.3, -0.25) is 0 Å². The van der Waals surface area contributed by atoms with Crippen molar-refractivity contribution in [3.63, 3.8) is 0 Å². The molecule has 2 rings (SSSR count). The lowest BCUT2D eigenvalue weighted by molar-refractivity contribution is 0.467. The Hall–Kier alpha value is -0.590. The second-order valence-corrected chi connectivity index (χ2v) is 8.18. The molecule has 0 amide bonds. The van der Waals surface area contributed by atoms with Crippen molar-refractivity contribution in [1.29, 1.82) is 0 Å². The van der Waals surface area contributed by atoms with E-state index in [1.54, 1.807) is 42.5 Å². The smallest absolute Gasteiger partial charge is 0.207 e. The van der Waals surface area contributed by atoms with E-state index >= 15 is 0 Å². The first kappa shape index (κ1) is 16.8. The van der Waals surface area contributed by atoms with E-state index in [1.165, 1.54) is 11.4 Å². The lowest BCUT2D eigenvalue weighted by Crippen LogP contribution is -2.26. The first-order valence-corrected chi connectivity index (χ1v) is 8.96. The third-order valence-corrected chi connectivity index (χ3v) is 6.08. The van der Waals surface area contributed by atoms with E-state index in [0.717, 1.165) is 0 Å². The molecule has 0 radical (unpaired) electrons. The first-order valence-electron chi connectivity index (χ1n) is 5.97. The summed E-state index contributed by atoms with van der Waals surface area (Å²) in [5.41, 5.74) is 0.658. The standard InChI is InChI=1S/C14H12BrCl2NO2S/c1-18(9-10-4-2-7-13(16)14(10)17)21(19,20)12-6-3-5-11(15)8-12/h2-8H,9H2,1H3. The highest BCUT2D eigenvalue weighted by Gasteiger charge is 2.22. The average molecular weight is 409 g/mol. The minimum Gasteiger partial charge on any atom is -0.207 e. The molecular formula is C14H12BrCl2NO2S. The van der Waals surface area contributed by atoms with Crippen molar-refractivity contribution in [3.05, 3.63) is 62.5 Å². The molecule has 0 atom stereocenters. The van der Waals surface area contributed by atoms with Crippen LogP contribution in [0.3, 0.4) is 0 Å². The van der Waals surface area contributed by atoms with Crippen molar-refractivity contribution in [3.8, 4) is 0 Å². The fraction of sp³-hybridized carbons (Fsp3) is 0.143. The molecular weight excluding hydrogens is 397 g/mol. The van der Waals surface area contributed by atoms with Gasteiger partial charge in [-0.1, -0.05) is 57.3 Å². The Bertz CT molecular complexity index is 765. The Kier molecular flexibility index (Phi) is 5.33. The number of nitrogens with zero attached hydrogens (tertiary/aromatic N) is 1. The fourth-order valence-electron chi connectivity index (χ4n) is 1.80. The summed E-state index contributed by atoms with van der Waals surface area (Å²) in [5.74, 6) is 0. The van der Waals surface area contributed by atoms with E-state index in [-0.39, 0.29) is 11.4 Å². The van der Waals surface area contributed by atoms with Gasteiger partial charge in [-0.2, -0.15) is 4.31 Å². The summed E-state index contributed by atoms with van der Waals surface area (Å²) in [4.78, 5) is 0.220. The molecule has 2 aromatic carbocycles. The lowest BCUT2D eigenvalue weighted by atomic mass is 10.2. The molecule has 0 aliphatic heterocycles. The SMILES string of the molecule is CN(Cc1cccc(Cl)c1Cl)S(=O)(=O)c1cccc(Br)c1. The van der Waals surface area contributed by atoms with Gasteiger partial charge in [0.2, 0.25) is 10.0 Å². The van der Waals surface area contributed by atoms with Crippen LogP contribution in [0.4, 0.5) is 0 Å². The number of benzene rings is 2. The maximum Gasteiger partial charge on any atom is 0.243 e. The summed E-state index contributed by atoms with van der Waals surface area (Å²) in [6.45, 7) is 0.147. The second kappa shape index (κ2) is 6.67. The van der Waals surface area contributed by atoms with Crippen LogP contribution in [-0.4, -0.2) is 19.8 Å². The lowest BCUT2D eigenvalue weighted by Gasteiger charge is -2.18. The van der Waals surface area contributed by atoms with Crippen LogP contribution in [0.5, 0.6) is 0 Å². The van der Waals surface area contributed by atoms with E-state index in [9.17, 15) is 8.42 Å². The summed E-state index contributed by atoms with van der Waals surface area (Å²) in [7, 11) is -2.08. The molecule has 0 aliphatic carbocycles. The van der Waals surface area contributed by atoms with Gasteiger partial charge in [-0.05, 0) is 29.8 Å². The van der Waals surface area contributed by atoms with Crippen LogP contribution in [0.2, 0.25) is 10.0 Å². The maximum atomic E-state index is 12.5. The van der Waals surface area contributed by atoms with E-state index in [0.29, 0.717) is 20.1 Å². The van der Waals surface area contributed by atoms with Gasteiger partial charge in [0.05, 0.1) is 14.9 Å². The molecule has 2 aromatic rings. The summed E-state index contributed by atoms with van der Waals surface area (Å²) >= 11 is 15.3. The first-order chi connectivity index (χ1) is 9.82. The molecule has 0 saturated carbocycles. The molecule has 0 unspecified atom stereocenters. The highest BCUT2D eigenvalue weighted by Crippen LogP contribution is 2.28. The highest BCUT2D eigenvalue weighted by molar-refractivity contribution is 9.10. The highest BCUT2D eigenvalue weighted by atomic mass is 79.9. The van der Waals surface area contributed by atoms with Crippen LogP contribution in [-0.2, 0) is 16.6 Å². The molecule has 0 saturated heterocycles. The molecule has 21 heavy (non-hydrogen) atoms. The van der Waals surface area contributed by atoms with Gasteiger partial charge in [0.15, 0.2) is 0 Å². The van der Waals surface area contributed by atoms with Crippen LogP contribution in [0, 0.1) is 0 Å². The van der Waals surface area contributed by atoms with Gasteiger partial charge in [0.1, 0.15) is 0 Å². The summed E-state index contributed by atoms with van der Waals surface area (Å²) in [6.07, 6.45) is 0. The molecule has 0 fully saturated rings. The predicted molar refractivity (Wildman–Crippen MR) is 89.3 cm³/mol. The molecule has 0 bridgehead atoms.